The van der Waals surface area contributed by atoms with Crippen LogP contribution in [-0.4, -0.2) is 38.1 Å². The lowest BCUT2D eigenvalue weighted by Crippen LogP contribution is -2.35. The third-order valence-corrected chi connectivity index (χ3v) is 4.18. The van der Waals surface area contributed by atoms with Crippen molar-refractivity contribution in [1.82, 2.24) is 25.0 Å². The van der Waals surface area contributed by atoms with E-state index in [0.717, 1.165) is 38.1 Å². The van der Waals surface area contributed by atoms with Crippen molar-refractivity contribution in [3.05, 3.63) is 42.4 Å². The molecule has 4 rings (SSSR count). The number of hydrogen-bond acceptors (Lipinski definition) is 5. The molecule has 0 atom stereocenters. The van der Waals surface area contributed by atoms with E-state index in [-0.39, 0.29) is 0 Å². The second-order valence-electron chi connectivity index (χ2n) is 5.58. The van der Waals surface area contributed by atoms with Gasteiger partial charge in [0.1, 0.15) is 5.82 Å². The van der Waals surface area contributed by atoms with Crippen LogP contribution in [0.15, 0.2) is 30.7 Å². The molecule has 1 fully saturated rings. The van der Waals surface area contributed by atoms with E-state index in [1.54, 1.807) is 12.4 Å². The van der Waals surface area contributed by atoms with Gasteiger partial charge in [-0.25, -0.2) is 18.4 Å². The van der Waals surface area contributed by atoms with Crippen LogP contribution in [0, 0.1) is 11.6 Å². The van der Waals surface area contributed by atoms with Gasteiger partial charge in [0.05, 0.1) is 29.5 Å². The van der Waals surface area contributed by atoms with E-state index in [2.05, 4.69) is 25.2 Å². The quantitative estimate of drug-likeness (QED) is 0.726. The predicted octanol–water partition coefficient (Wildman–Crippen LogP) is 2.34. The Labute approximate surface area is 130 Å². The molecule has 0 N–H and O–H groups in total. The minimum atomic E-state index is -0.909. The maximum Gasteiger partial charge on any atom is 0.161 e. The molecule has 0 spiro atoms. The average Bonchev–Trinajstić information content (AvgIpc) is 3.10. The van der Waals surface area contributed by atoms with Gasteiger partial charge in [-0.1, -0.05) is 5.21 Å². The Kier molecular flexibility index (Phi) is 3.36. The van der Waals surface area contributed by atoms with E-state index in [1.807, 2.05) is 10.9 Å². The van der Waals surface area contributed by atoms with Crippen LogP contribution in [0.5, 0.6) is 0 Å². The van der Waals surface area contributed by atoms with Crippen molar-refractivity contribution in [2.45, 2.75) is 18.9 Å². The van der Waals surface area contributed by atoms with Gasteiger partial charge in [0, 0.05) is 31.4 Å². The highest BCUT2D eigenvalue weighted by atomic mass is 19.2. The molecule has 1 aliphatic heterocycles. The van der Waals surface area contributed by atoms with Crippen molar-refractivity contribution in [1.29, 1.82) is 0 Å². The number of hydrogen-bond donors (Lipinski definition) is 0. The van der Waals surface area contributed by atoms with Gasteiger partial charge in [0.15, 0.2) is 11.6 Å². The first-order valence-electron chi connectivity index (χ1n) is 7.43. The Morgan fingerprint density at radius 2 is 1.78 bits per heavy atom. The third-order valence-electron chi connectivity index (χ3n) is 4.18. The Morgan fingerprint density at radius 1 is 1.04 bits per heavy atom. The fraction of sp³-hybridized carbons (Fsp3) is 0.333. The zero-order valence-electron chi connectivity index (χ0n) is 12.2. The van der Waals surface area contributed by atoms with Crippen LogP contribution >= 0.6 is 0 Å². The minimum absolute atomic E-state index is 0.328. The van der Waals surface area contributed by atoms with Crippen LogP contribution in [-0.2, 0) is 0 Å². The summed E-state index contributed by atoms with van der Waals surface area (Å²) in [6, 6.07) is 2.48. The van der Waals surface area contributed by atoms with Crippen molar-refractivity contribution in [2.24, 2.45) is 0 Å². The van der Waals surface area contributed by atoms with Crippen LogP contribution < -0.4 is 4.90 Å². The van der Waals surface area contributed by atoms with Crippen molar-refractivity contribution >= 4 is 16.9 Å². The number of benzene rings is 1. The first kappa shape index (κ1) is 14.0. The molecule has 2 aromatic heterocycles. The number of rotatable bonds is 2. The summed E-state index contributed by atoms with van der Waals surface area (Å²) >= 11 is 0. The summed E-state index contributed by atoms with van der Waals surface area (Å²) in [5, 5.41) is 7.87. The number of piperidine rings is 1. The van der Waals surface area contributed by atoms with Gasteiger partial charge >= 0.3 is 0 Å². The molecule has 1 aromatic carbocycles. The molecule has 6 nitrogen and oxygen atoms in total. The van der Waals surface area contributed by atoms with Crippen molar-refractivity contribution < 1.29 is 8.78 Å². The first-order valence-corrected chi connectivity index (χ1v) is 7.43. The van der Waals surface area contributed by atoms with E-state index in [4.69, 9.17) is 0 Å². The maximum absolute atomic E-state index is 13.4. The molecule has 0 amide bonds. The standard InChI is InChI=1S/C15H14F2N6/c16-11-7-13-14(8-12(11)17)20-15(9-18-13)22-4-1-10(2-5-22)23-6-3-19-21-23/h3,6-10H,1-2,4-5H2. The van der Waals surface area contributed by atoms with Crippen molar-refractivity contribution in [3.8, 4) is 0 Å². The van der Waals surface area contributed by atoms with E-state index in [0.29, 0.717) is 22.9 Å². The molecule has 0 saturated carbocycles. The van der Waals surface area contributed by atoms with E-state index in [9.17, 15) is 8.78 Å². The minimum Gasteiger partial charge on any atom is -0.355 e. The molecule has 3 heterocycles. The predicted molar refractivity (Wildman–Crippen MR) is 80.0 cm³/mol. The highest BCUT2D eigenvalue weighted by molar-refractivity contribution is 5.75. The molecule has 0 unspecified atom stereocenters. The maximum atomic E-state index is 13.4. The molecule has 0 aliphatic carbocycles. The molecule has 0 bridgehead atoms. The molecule has 1 saturated heterocycles. The SMILES string of the molecule is Fc1cc2ncc(N3CCC(n4ccnn4)CC3)nc2cc1F. The number of nitrogens with zero attached hydrogens (tertiary/aromatic N) is 6. The van der Waals surface area contributed by atoms with Gasteiger partial charge in [-0.3, -0.25) is 4.98 Å². The van der Waals surface area contributed by atoms with Gasteiger partial charge in [0.25, 0.3) is 0 Å². The lowest BCUT2D eigenvalue weighted by Gasteiger charge is -2.32. The lowest BCUT2D eigenvalue weighted by molar-refractivity contribution is 0.359. The summed E-state index contributed by atoms with van der Waals surface area (Å²) in [7, 11) is 0. The summed E-state index contributed by atoms with van der Waals surface area (Å²) < 4.78 is 28.5. The normalized spacial score (nSPS) is 16.2. The Hall–Kier alpha value is -2.64. The molecular formula is C15H14F2N6. The second kappa shape index (κ2) is 5.53. The zero-order chi connectivity index (χ0) is 15.8. The number of anilines is 1. The Morgan fingerprint density at radius 3 is 2.48 bits per heavy atom. The summed E-state index contributed by atoms with van der Waals surface area (Å²) in [5.41, 5.74) is 0.713. The van der Waals surface area contributed by atoms with Crippen LogP contribution in [0.1, 0.15) is 18.9 Å². The fourth-order valence-corrected chi connectivity index (χ4v) is 2.92. The smallest absolute Gasteiger partial charge is 0.161 e. The van der Waals surface area contributed by atoms with Gasteiger partial charge in [-0.2, -0.15) is 0 Å². The molecule has 3 aromatic rings. The first-order chi connectivity index (χ1) is 11.2. The molecule has 8 heteroatoms. The molecule has 23 heavy (non-hydrogen) atoms. The molecular weight excluding hydrogens is 302 g/mol. The van der Waals surface area contributed by atoms with Crippen LogP contribution in [0.25, 0.3) is 11.0 Å². The van der Waals surface area contributed by atoms with E-state index < -0.39 is 11.6 Å². The Bertz CT molecular complexity index is 827. The van der Waals surface area contributed by atoms with Crippen LogP contribution in [0.4, 0.5) is 14.6 Å². The monoisotopic (exact) mass is 316 g/mol. The highest BCUT2D eigenvalue weighted by Gasteiger charge is 2.22. The summed E-state index contributed by atoms with van der Waals surface area (Å²) in [4.78, 5) is 10.7. The molecule has 1 aliphatic rings. The Balaban J connectivity index is 1.55. The largest absolute Gasteiger partial charge is 0.355 e. The number of aromatic nitrogens is 5. The van der Waals surface area contributed by atoms with Gasteiger partial charge < -0.3 is 4.90 Å². The van der Waals surface area contributed by atoms with Crippen LogP contribution in [0.3, 0.4) is 0 Å². The summed E-state index contributed by atoms with van der Waals surface area (Å²) in [6.45, 7) is 1.60. The number of halogens is 2. The van der Waals surface area contributed by atoms with Gasteiger partial charge in [-0.15, -0.1) is 5.10 Å². The van der Waals surface area contributed by atoms with Crippen LogP contribution in [0.2, 0.25) is 0 Å². The van der Waals surface area contributed by atoms with Gasteiger partial charge in [0.2, 0.25) is 0 Å². The number of fused-ring (bicyclic) bond motifs is 1. The highest BCUT2D eigenvalue weighted by Crippen LogP contribution is 2.25. The van der Waals surface area contributed by atoms with Gasteiger partial charge in [-0.05, 0) is 12.8 Å². The molecule has 118 valence electrons. The van der Waals surface area contributed by atoms with E-state index in [1.165, 1.54) is 0 Å². The second-order valence-corrected chi connectivity index (χ2v) is 5.58. The summed E-state index contributed by atoms with van der Waals surface area (Å²) in [6.07, 6.45) is 6.99. The van der Waals surface area contributed by atoms with E-state index >= 15 is 0 Å². The van der Waals surface area contributed by atoms with Crippen molar-refractivity contribution in [2.75, 3.05) is 18.0 Å². The lowest BCUT2D eigenvalue weighted by atomic mass is 10.1. The third kappa shape index (κ3) is 2.60. The molecule has 0 radical (unpaired) electrons. The topological polar surface area (TPSA) is 59.7 Å². The zero-order valence-corrected chi connectivity index (χ0v) is 12.2. The summed E-state index contributed by atoms with van der Waals surface area (Å²) in [5.74, 6) is -1.14. The average molecular weight is 316 g/mol. The van der Waals surface area contributed by atoms with Crippen molar-refractivity contribution in [3.63, 3.8) is 0 Å². The fourth-order valence-electron chi connectivity index (χ4n) is 2.92.